The molecule has 0 amide bonds. The van der Waals surface area contributed by atoms with Crippen molar-refractivity contribution in [3.8, 4) is 5.82 Å². The van der Waals surface area contributed by atoms with Crippen LogP contribution in [0.1, 0.15) is 39.5 Å². The molecule has 0 bridgehead atoms. The van der Waals surface area contributed by atoms with Crippen molar-refractivity contribution in [1.82, 2.24) is 19.7 Å². The molecule has 0 aromatic carbocycles. The molecule has 0 saturated carbocycles. The summed E-state index contributed by atoms with van der Waals surface area (Å²) in [5.41, 5.74) is 5.92. The van der Waals surface area contributed by atoms with Gasteiger partial charge in [-0.1, -0.05) is 20.3 Å². The van der Waals surface area contributed by atoms with Gasteiger partial charge in [0.15, 0.2) is 5.82 Å². The number of nitrogen functional groups attached to an aromatic ring is 1. The lowest BCUT2D eigenvalue weighted by Gasteiger charge is -2.30. The lowest BCUT2D eigenvalue weighted by atomic mass is 9.95. The van der Waals surface area contributed by atoms with Crippen LogP contribution in [0.25, 0.3) is 5.82 Å². The van der Waals surface area contributed by atoms with Gasteiger partial charge in [0.25, 0.3) is 0 Å². The number of hydrogen-bond donors (Lipinski definition) is 1. The highest BCUT2D eigenvalue weighted by molar-refractivity contribution is 5.49. The minimum atomic E-state index is 0.303. The molecule has 3 heterocycles. The second kappa shape index (κ2) is 6.34. The molecule has 1 aliphatic rings. The van der Waals surface area contributed by atoms with Gasteiger partial charge in [-0.25, -0.2) is 4.68 Å². The fourth-order valence-corrected chi connectivity index (χ4v) is 3.42. The average molecular weight is 300 g/mol. The topological polar surface area (TPSA) is 72.9 Å². The summed E-state index contributed by atoms with van der Waals surface area (Å²) in [5.74, 6) is 2.61. The molecule has 118 valence electrons. The molecule has 2 aromatic rings. The van der Waals surface area contributed by atoms with Crippen LogP contribution in [0, 0.1) is 5.92 Å². The van der Waals surface area contributed by atoms with E-state index >= 15 is 0 Å². The summed E-state index contributed by atoms with van der Waals surface area (Å²) in [7, 11) is 0. The van der Waals surface area contributed by atoms with Crippen LogP contribution in [0.2, 0.25) is 0 Å². The number of aromatic nitrogens is 4. The molecule has 6 heteroatoms. The molecule has 1 aliphatic heterocycles. The van der Waals surface area contributed by atoms with Gasteiger partial charge in [-0.15, -0.1) is 0 Å². The first-order valence-corrected chi connectivity index (χ1v) is 8.10. The van der Waals surface area contributed by atoms with Crippen LogP contribution < -0.4 is 10.6 Å². The standard InChI is InChI=1S/C16H24N6/c1-3-6-12(2)13-7-4-9-21(13)14-11-15(20-16(17)19-14)22-10-5-8-18-22/h5,8,10-13H,3-4,6-7,9H2,1-2H3,(H2,17,19,20)/t12-,13-/m1/s1. The molecular weight excluding hydrogens is 276 g/mol. The Morgan fingerprint density at radius 2 is 2.18 bits per heavy atom. The van der Waals surface area contributed by atoms with Gasteiger partial charge in [0, 0.05) is 31.0 Å². The van der Waals surface area contributed by atoms with Crippen molar-refractivity contribution in [2.24, 2.45) is 5.92 Å². The van der Waals surface area contributed by atoms with E-state index in [0.717, 1.165) is 18.2 Å². The number of nitrogens with zero attached hydrogens (tertiary/aromatic N) is 5. The van der Waals surface area contributed by atoms with Crippen molar-refractivity contribution >= 4 is 11.8 Å². The van der Waals surface area contributed by atoms with Crippen LogP contribution in [0.3, 0.4) is 0 Å². The Morgan fingerprint density at radius 1 is 1.36 bits per heavy atom. The molecule has 2 aromatic heterocycles. The molecule has 0 aliphatic carbocycles. The van der Waals surface area contributed by atoms with Gasteiger partial charge in [0.05, 0.1) is 0 Å². The molecule has 6 nitrogen and oxygen atoms in total. The van der Waals surface area contributed by atoms with Crippen molar-refractivity contribution in [3.63, 3.8) is 0 Å². The van der Waals surface area contributed by atoms with Gasteiger partial charge in [-0.3, -0.25) is 0 Å². The van der Waals surface area contributed by atoms with Crippen molar-refractivity contribution in [1.29, 1.82) is 0 Å². The van der Waals surface area contributed by atoms with Gasteiger partial charge in [0.1, 0.15) is 5.82 Å². The highest BCUT2D eigenvalue weighted by atomic mass is 15.3. The third-order valence-electron chi connectivity index (χ3n) is 4.45. The maximum atomic E-state index is 5.92. The molecule has 1 fully saturated rings. The first-order valence-electron chi connectivity index (χ1n) is 8.10. The summed E-state index contributed by atoms with van der Waals surface area (Å²) in [5, 5.41) is 4.23. The number of nitrogens with two attached hydrogens (primary N) is 1. The highest BCUT2D eigenvalue weighted by Gasteiger charge is 2.30. The number of hydrogen-bond acceptors (Lipinski definition) is 5. The first kappa shape index (κ1) is 14.8. The summed E-state index contributed by atoms with van der Waals surface area (Å²) in [6.45, 7) is 5.62. The van der Waals surface area contributed by atoms with Crippen molar-refractivity contribution in [2.75, 3.05) is 17.2 Å². The largest absolute Gasteiger partial charge is 0.368 e. The van der Waals surface area contributed by atoms with Crippen molar-refractivity contribution in [2.45, 2.75) is 45.6 Å². The second-order valence-corrected chi connectivity index (χ2v) is 6.06. The number of anilines is 2. The average Bonchev–Trinajstić information content (AvgIpc) is 3.18. The van der Waals surface area contributed by atoms with Gasteiger partial charge in [0.2, 0.25) is 5.95 Å². The summed E-state index contributed by atoms with van der Waals surface area (Å²) in [6.07, 6.45) is 8.50. The Morgan fingerprint density at radius 3 is 2.91 bits per heavy atom. The van der Waals surface area contributed by atoms with Crippen molar-refractivity contribution < 1.29 is 0 Å². The van der Waals surface area contributed by atoms with Gasteiger partial charge >= 0.3 is 0 Å². The normalized spacial score (nSPS) is 19.5. The summed E-state index contributed by atoms with van der Waals surface area (Å²) >= 11 is 0. The van der Waals surface area contributed by atoms with Crippen LogP contribution in [0.5, 0.6) is 0 Å². The van der Waals surface area contributed by atoms with E-state index in [1.165, 1.54) is 25.7 Å². The van der Waals surface area contributed by atoms with E-state index in [4.69, 9.17) is 5.73 Å². The molecule has 0 spiro atoms. The number of rotatable bonds is 5. The quantitative estimate of drug-likeness (QED) is 0.919. The zero-order valence-electron chi connectivity index (χ0n) is 13.3. The highest BCUT2D eigenvalue weighted by Crippen LogP contribution is 2.31. The van der Waals surface area contributed by atoms with E-state index in [9.17, 15) is 0 Å². The van der Waals surface area contributed by atoms with Gasteiger partial charge in [-0.05, 0) is 31.2 Å². The van der Waals surface area contributed by atoms with E-state index < -0.39 is 0 Å². The minimum Gasteiger partial charge on any atom is -0.368 e. The maximum Gasteiger partial charge on any atom is 0.224 e. The zero-order chi connectivity index (χ0) is 15.5. The van der Waals surface area contributed by atoms with Crippen molar-refractivity contribution in [3.05, 3.63) is 24.5 Å². The minimum absolute atomic E-state index is 0.303. The molecule has 0 radical (unpaired) electrons. The van der Waals surface area contributed by atoms with Gasteiger partial charge in [-0.2, -0.15) is 15.1 Å². The second-order valence-electron chi connectivity index (χ2n) is 6.06. The molecule has 0 unspecified atom stereocenters. The lowest BCUT2D eigenvalue weighted by Crippen LogP contribution is -2.35. The molecule has 1 saturated heterocycles. The third kappa shape index (κ3) is 2.91. The van der Waals surface area contributed by atoms with Crippen LogP contribution in [-0.2, 0) is 0 Å². The van der Waals surface area contributed by atoms with E-state index in [-0.39, 0.29) is 0 Å². The Hall–Kier alpha value is -2.11. The zero-order valence-corrected chi connectivity index (χ0v) is 13.3. The fraction of sp³-hybridized carbons (Fsp3) is 0.562. The van der Waals surface area contributed by atoms with Crippen LogP contribution in [0.15, 0.2) is 24.5 Å². The predicted molar refractivity (Wildman–Crippen MR) is 88.0 cm³/mol. The summed E-state index contributed by atoms with van der Waals surface area (Å²) in [4.78, 5) is 11.2. The van der Waals surface area contributed by atoms with E-state index in [1.54, 1.807) is 10.9 Å². The maximum absolute atomic E-state index is 5.92. The fourth-order valence-electron chi connectivity index (χ4n) is 3.42. The van der Waals surface area contributed by atoms with Crippen LogP contribution in [0.4, 0.5) is 11.8 Å². The Kier molecular flexibility index (Phi) is 4.27. The Labute approximate surface area is 131 Å². The smallest absolute Gasteiger partial charge is 0.224 e. The van der Waals surface area contributed by atoms with Crippen LogP contribution >= 0.6 is 0 Å². The molecule has 2 atom stereocenters. The third-order valence-corrected chi connectivity index (χ3v) is 4.45. The molecule has 22 heavy (non-hydrogen) atoms. The van der Waals surface area contributed by atoms with E-state index in [2.05, 4.69) is 33.8 Å². The SMILES string of the molecule is CCC[C@@H](C)[C@H]1CCCN1c1cc(-n2cccn2)nc(N)n1. The Bertz CT molecular complexity index is 609. The van der Waals surface area contributed by atoms with E-state index in [1.807, 2.05) is 18.3 Å². The van der Waals surface area contributed by atoms with E-state index in [0.29, 0.717) is 17.9 Å². The van der Waals surface area contributed by atoms with Gasteiger partial charge < -0.3 is 10.6 Å². The predicted octanol–water partition coefficient (Wildman–Crippen LogP) is 2.65. The van der Waals surface area contributed by atoms with Crippen LogP contribution in [-0.4, -0.2) is 32.3 Å². The Balaban J connectivity index is 1.90. The summed E-state index contributed by atoms with van der Waals surface area (Å²) in [6, 6.07) is 4.40. The molecular formula is C16H24N6. The first-order chi connectivity index (χ1) is 10.7. The molecule has 3 rings (SSSR count). The lowest BCUT2D eigenvalue weighted by molar-refractivity contribution is 0.420. The molecule has 2 N–H and O–H groups in total. The summed E-state index contributed by atoms with van der Waals surface area (Å²) < 4.78 is 1.72. The monoisotopic (exact) mass is 300 g/mol.